The van der Waals surface area contributed by atoms with Crippen LogP contribution < -0.4 is 0 Å². The van der Waals surface area contributed by atoms with Gasteiger partial charge in [0.15, 0.2) is 0 Å². The van der Waals surface area contributed by atoms with E-state index in [1.165, 1.54) is 49.4 Å². The standard InChI is InChI=1S/C11H21Br/c1-3-4-5-6-7-8-9-10-11(2)12/h10H,3-9H2,1-2H3/b11-10+. The third-order valence-corrected chi connectivity index (χ3v) is 2.31. The summed E-state index contributed by atoms with van der Waals surface area (Å²) >= 11 is 3.43. The van der Waals surface area contributed by atoms with E-state index in [2.05, 4.69) is 35.9 Å². The molecule has 0 amide bonds. The minimum atomic E-state index is 1.24. The van der Waals surface area contributed by atoms with E-state index in [0.29, 0.717) is 0 Å². The van der Waals surface area contributed by atoms with Gasteiger partial charge in [0.2, 0.25) is 0 Å². The molecule has 0 rings (SSSR count). The second kappa shape index (κ2) is 9.31. The molecular formula is C11H21Br. The van der Waals surface area contributed by atoms with Crippen LogP contribution in [0.4, 0.5) is 0 Å². The van der Waals surface area contributed by atoms with Crippen LogP contribution in [0.1, 0.15) is 58.8 Å². The Labute approximate surface area is 85.6 Å². The molecule has 0 aromatic carbocycles. The van der Waals surface area contributed by atoms with E-state index in [4.69, 9.17) is 0 Å². The molecule has 0 radical (unpaired) electrons. The molecule has 0 fully saturated rings. The van der Waals surface area contributed by atoms with Crippen molar-refractivity contribution < 1.29 is 0 Å². The Morgan fingerprint density at radius 2 is 1.67 bits per heavy atom. The zero-order chi connectivity index (χ0) is 9.23. The van der Waals surface area contributed by atoms with Crippen molar-refractivity contribution in [3.8, 4) is 0 Å². The maximum Gasteiger partial charge on any atom is -0.0120 e. The van der Waals surface area contributed by atoms with E-state index in [1.807, 2.05) is 0 Å². The molecule has 0 heterocycles. The summed E-state index contributed by atoms with van der Waals surface area (Å²) in [4.78, 5) is 0. The Morgan fingerprint density at radius 1 is 1.08 bits per heavy atom. The van der Waals surface area contributed by atoms with Gasteiger partial charge in [-0.25, -0.2) is 0 Å². The van der Waals surface area contributed by atoms with Crippen LogP contribution in [-0.2, 0) is 0 Å². The van der Waals surface area contributed by atoms with Gasteiger partial charge in [-0.3, -0.25) is 0 Å². The van der Waals surface area contributed by atoms with E-state index >= 15 is 0 Å². The summed E-state index contributed by atoms with van der Waals surface area (Å²) in [6.45, 7) is 4.36. The van der Waals surface area contributed by atoms with Crippen molar-refractivity contribution >= 4 is 15.9 Å². The molecule has 0 bridgehead atoms. The van der Waals surface area contributed by atoms with Crippen LogP contribution in [0.5, 0.6) is 0 Å². The molecule has 1 heteroatoms. The zero-order valence-corrected chi connectivity index (χ0v) is 9.99. The molecule has 72 valence electrons. The van der Waals surface area contributed by atoms with Gasteiger partial charge in [-0.15, -0.1) is 0 Å². The fourth-order valence-electron chi connectivity index (χ4n) is 1.23. The quantitative estimate of drug-likeness (QED) is 0.540. The minimum Gasteiger partial charge on any atom is -0.0747 e. The van der Waals surface area contributed by atoms with Gasteiger partial charge >= 0.3 is 0 Å². The summed E-state index contributed by atoms with van der Waals surface area (Å²) in [5.41, 5.74) is 0. The summed E-state index contributed by atoms with van der Waals surface area (Å²) < 4.78 is 1.27. The molecule has 0 atom stereocenters. The van der Waals surface area contributed by atoms with Crippen molar-refractivity contribution in [2.45, 2.75) is 58.8 Å². The first-order chi connectivity index (χ1) is 5.77. The van der Waals surface area contributed by atoms with Crippen LogP contribution in [0.2, 0.25) is 0 Å². The lowest BCUT2D eigenvalue weighted by molar-refractivity contribution is 0.611. The van der Waals surface area contributed by atoms with Gasteiger partial charge in [0.1, 0.15) is 0 Å². The van der Waals surface area contributed by atoms with Crippen molar-refractivity contribution in [2.24, 2.45) is 0 Å². The van der Waals surface area contributed by atoms with Crippen molar-refractivity contribution in [3.63, 3.8) is 0 Å². The van der Waals surface area contributed by atoms with Crippen molar-refractivity contribution in [1.29, 1.82) is 0 Å². The van der Waals surface area contributed by atoms with Crippen LogP contribution in [0.15, 0.2) is 10.6 Å². The smallest absolute Gasteiger partial charge is 0.0120 e. The van der Waals surface area contributed by atoms with Gasteiger partial charge in [-0.05, 0) is 24.2 Å². The summed E-state index contributed by atoms with van der Waals surface area (Å²) in [7, 11) is 0. The highest BCUT2D eigenvalue weighted by atomic mass is 79.9. The maximum atomic E-state index is 3.43. The lowest BCUT2D eigenvalue weighted by Gasteiger charge is -1.97. The van der Waals surface area contributed by atoms with Gasteiger partial charge in [-0.1, -0.05) is 61.0 Å². The van der Waals surface area contributed by atoms with Crippen LogP contribution in [0.25, 0.3) is 0 Å². The van der Waals surface area contributed by atoms with Crippen molar-refractivity contribution in [1.82, 2.24) is 0 Å². The molecule has 0 saturated heterocycles. The van der Waals surface area contributed by atoms with E-state index in [1.54, 1.807) is 0 Å². The largest absolute Gasteiger partial charge is 0.0747 e. The average molecular weight is 233 g/mol. The average Bonchev–Trinajstić information content (AvgIpc) is 2.02. The van der Waals surface area contributed by atoms with Gasteiger partial charge in [-0.2, -0.15) is 0 Å². The number of rotatable bonds is 7. The predicted molar refractivity (Wildman–Crippen MR) is 60.7 cm³/mol. The molecule has 0 aromatic heterocycles. The molecule has 12 heavy (non-hydrogen) atoms. The number of hydrogen-bond donors (Lipinski definition) is 0. The zero-order valence-electron chi connectivity index (χ0n) is 8.41. The van der Waals surface area contributed by atoms with Crippen molar-refractivity contribution in [2.75, 3.05) is 0 Å². The monoisotopic (exact) mass is 232 g/mol. The molecular weight excluding hydrogens is 212 g/mol. The van der Waals surface area contributed by atoms with Gasteiger partial charge in [0.05, 0.1) is 0 Å². The Hall–Kier alpha value is 0.220. The third-order valence-electron chi connectivity index (χ3n) is 1.98. The molecule has 0 nitrogen and oxygen atoms in total. The Bertz CT molecular complexity index is 112. The second-order valence-electron chi connectivity index (χ2n) is 3.35. The molecule has 0 aliphatic rings. The van der Waals surface area contributed by atoms with E-state index < -0.39 is 0 Å². The van der Waals surface area contributed by atoms with Gasteiger partial charge in [0.25, 0.3) is 0 Å². The van der Waals surface area contributed by atoms with Gasteiger partial charge < -0.3 is 0 Å². The van der Waals surface area contributed by atoms with Crippen LogP contribution in [-0.4, -0.2) is 0 Å². The van der Waals surface area contributed by atoms with E-state index in [-0.39, 0.29) is 0 Å². The number of halogens is 1. The highest BCUT2D eigenvalue weighted by molar-refractivity contribution is 9.11. The molecule has 0 N–H and O–H groups in total. The fourth-order valence-corrected chi connectivity index (χ4v) is 1.45. The maximum absolute atomic E-state index is 3.43. The second-order valence-corrected chi connectivity index (χ2v) is 4.60. The highest BCUT2D eigenvalue weighted by Crippen LogP contribution is 2.10. The van der Waals surface area contributed by atoms with Crippen LogP contribution in [0.3, 0.4) is 0 Å². The van der Waals surface area contributed by atoms with Crippen molar-refractivity contribution in [3.05, 3.63) is 10.6 Å². The van der Waals surface area contributed by atoms with Crippen LogP contribution >= 0.6 is 15.9 Å². The topological polar surface area (TPSA) is 0 Å². The predicted octanol–water partition coefficient (Wildman–Crippen LogP) is 5.04. The molecule has 0 saturated carbocycles. The summed E-state index contributed by atoms with van der Waals surface area (Å²) in [6.07, 6.45) is 11.9. The molecule has 0 unspecified atom stereocenters. The molecule has 0 aromatic rings. The normalized spacial score (nSPS) is 12.1. The third kappa shape index (κ3) is 10.2. The Morgan fingerprint density at radius 3 is 2.25 bits per heavy atom. The first-order valence-corrected chi connectivity index (χ1v) is 5.89. The highest BCUT2D eigenvalue weighted by Gasteiger charge is 1.88. The first-order valence-electron chi connectivity index (χ1n) is 5.09. The summed E-state index contributed by atoms with van der Waals surface area (Å²) in [5, 5.41) is 0. The van der Waals surface area contributed by atoms with E-state index in [0.717, 1.165) is 0 Å². The van der Waals surface area contributed by atoms with Gasteiger partial charge in [0, 0.05) is 0 Å². The lowest BCUT2D eigenvalue weighted by atomic mass is 10.1. The number of hydrogen-bond acceptors (Lipinski definition) is 0. The summed E-state index contributed by atoms with van der Waals surface area (Å²) in [6, 6.07) is 0. The lowest BCUT2D eigenvalue weighted by Crippen LogP contribution is -1.77. The Kier molecular flexibility index (Phi) is 9.48. The molecule has 0 aliphatic carbocycles. The van der Waals surface area contributed by atoms with E-state index in [9.17, 15) is 0 Å². The minimum absolute atomic E-state index is 1.24. The number of unbranched alkanes of at least 4 members (excludes halogenated alkanes) is 6. The first kappa shape index (κ1) is 12.2. The number of allylic oxidation sites excluding steroid dienone is 2. The molecule has 0 spiro atoms. The van der Waals surface area contributed by atoms with Crippen LogP contribution in [0, 0.1) is 0 Å². The Balaban J connectivity index is 2.96. The SMILES string of the molecule is CCCCCCCC/C=C(\C)Br. The molecule has 0 aliphatic heterocycles. The fraction of sp³-hybridized carbons (Fsp3) is 0.818. The summed E-state index contributed by atoms with van der Waals surface area (Å²) in [5.74, 6) is 0.